The maximum atomic E-state index is 13.8. The third-order valence-electron chi connectivity index (χ3n) is 6.60. The summed E-state index contributed by atoms with van der Waals surface area (Å²) in [6.45, 7) is 6.28. The van der Waals surface area contributed by atoms with E-state index in [1.165, 1.54) is 18.6 Å². The number of hydrogen-bond donors (Lipinski definition) is 0. The number of halogens is 1. The Kier molecular flexibility index (Phi) is 4.41. The van der Waals surface area contributed by atoms with Crippen LogP contribution >= 0.6 is 0 Å². The van der Waals surface area contributed by atoms with Crippen molar-refractivity contribution in [3.8, 4) is 11.3 Å². The average Bonchev–Trinajstić information content (AvgIpc) is 3.10. The van der Waals surface area contributed by atoms with Crippen LogP contribution in [0.4, 0.5) is 4.39 Å². The molecule has 3 atom stereocenters. The third-order valence-corrected chi connectivity index (χ3v) is 6.60. The first-order valence-corrected chi connectivity index (χ1v) is 10.5. The van der Waals surface area contributed by atoms with Gasteiger partial charge < -0.3 is 4.57 Å². The molecule has 0 aliphatic heterocycles. The quantitative estimate of drug-likeness (QED) is 0.491. The highest BCUT2D eigenvalue weighted by Crippen LogP contribution is 2.37. The number of rotatable bonds is 2. The number of benzene rings is 1. The van der Waals surface area contributed by atoms with E-state index in [2.05, 4.69) is 28.9 Å². The monoisotopic (exact) mass is 405 g/mol. The second-order valence-corrected chi connectivity index (χ2v) is 8.46. The van der Waals surface area contributed by atoms with Crippen LogP contribution < -0.4 is 5.56 Å². The summed E-state index contributed by atoms with van der Waals surface area (Å²) in [4.78, 5) is 22.8. The van der Waals surface area contributed by atoms with Crippen LogP contribution in [-0.4, -0.2) is 24.1 Å². The van der Waals surface area contributed by atoms with Gasteiger partial charge in [0.2, 0.25) is 0 Å². The van der Waals surface area contributed by atoms with E-state index in [0.717, 1.165) is 12.8 Å². The number of aromatic nitrogens is 5. The molecule has 4 aromatic rings. The molecule has 0 unspecified atom stereocenters. The smallest absolute Gasteiger partial charge is 0.262 e. The normalized spacial score (nSPS) is 22.1. The van der Waals surface area contributed by atoms with Gasteiger partial charge in [0, 0.05) is 17.8 Å². The average molecular weight is 405 g/mol. The van der Waals surface area contributed by atoms with Crippen molar-refractivity contribution in [3.05, 3.63) is 58.5 Å². The molecule has 0 spiro atoms. The molecule has 6 nitrogen and oxygen atoms in total. The highest BCUT2D eigenvalue weighted by molar-refractivity contribution is 5.93. The van der Waals surface area contributed by atoms with Crippen LogP contribution in [0.2, 0.25) is 0 Å². The molecule has 154 valence electrons. The van der Waals surface area contributed by atoms with Crippen molar-refractivity contribution in [1.29, 1.82) is 0 Å². The predicted molar refractivity (Wildman–Crippen MR) is 114 cm³/mol. The van der Waals surface area contributed by atoms with Gasteiger partial charge in [0.15, 0.2) is 0 Å². The van der Waals surface area contributed by atoms with E-state index in [0.29, 0.717) is 45.6 Å². The van der Waals surface area contributed by atoms with Gasteiger partial charge in [-0.3, -0.25) is 4.79 Å². The molecule has 0 radical (unpaired) electrons. The van der Waals surface area contributed by atoms with Gasteiger partial charge in [-0.05, 0) is 55.5 Å². The van der Waals surface area contributed by atoms with Crippen molar-refractivity contribution in [2.24, 2.45) is 11.8 Å². The first-order valence-electron chi connectivity index (χ1n) is 10.5. The Morgan fingerprint density at radius 3 is 2.60 bits per heavy atom. The molecule has 1 aliphatic rings. The van der Waals surface area contributed by atoms with Gasteiger partial charge in [0.1, 0.15) is 11.6 Å². The SMILES string of the molecule is Cc1nc2nc3ccn([C@@H]4CCC[C@@H](C)[C@@H]4C)c(=O)c3c(-c3ccc(F)cc3)n2n1. The fourth-order valence-corrected chi connectivity index (χ4v) is 4.78. The molecule has 7 heteroatoms. The molecule has 0 N–H and O–H groups in total. The minimum atomic E-state index is -0.328. The Hall–Kier alpha value is -3.09. The lowest BCUT2D eigenvalue weighted by atomic mass is 9.78. The summed E-state index contributed by atoms with van der Waals surface area (Å²) in [5.74, 6) is 1.65. The van der Waals surface area contributed by atoms with E-state index in [1.54, 1.807) is 23.6 Å². The van der Waals surface area contributed by atoms with E-state index in [1.807, 2.05) is 16.8 Å². The fourth-order valence-electron chi connectivity index (χ4n) is 4.78. The molecular weight excluding hydrogens is 381 g/mol. The lowest BCUT2D eigenvalue weighted by Gasteiger charge is -2.35. The summed E-state index contributed by atoms with van der Waals surface area (Å²) in [7, 11) is 0. The number of fused-ring (bicyclic) bond motifs is 2. The summed E-state index contributed by atoms with van der Waals surface area (Å²) in [6, 6.07) is 8.16. The van der Waals surface area contributed by atoms with Crippen molar-refractivity contribution in [3.63, 3.8) is 0 Å². The Balaban J connectivity index is 1.83. The molecule has 0 amide bonds. The van der Waals surface area contributed by atoms with E-state index in [-0.39, 0.29) is 17.4 Å². The maximum Gasteiger partial charge on any atom is 0.262 e. The number of hydrogen-bond acceptors (Lipinski definition) is 4. The summed E-state index contributed by atoms with van der Waals surface area (Å²) >= 11 is 0. The molecule has 3 aromatic heterocycles. The van der Waals surface area contributed by atoms with Crippen molar-refractivity contribution < 1.29 is 4.39 Å². The summed E-state index contributed by atoms with van der Waals surface area (Å²) in [5, 5.41) is 4.97. The molecular formula is C23H24FN5O. The molecule has 1 saturated carbocycles. The molecule has 1 aliphatic carbocycles. The van der Waals surface area contributed by atoms with Gasteiger partial charge in [-0.15, -0.1) is 5.10 Å². The summed E-state index contributed by atoms with van der Waals surface area (Å²) < 4.78 is 17.1. The van der Waals surface area contributed by atoms with E-state index in [4.69, 9.17) is 0 Å². The highest BCUT2D eigenvalue weighted by Gasteiger charge is 2.30. The van der Waals surface area contributed by atoms with Crippen molar-refractivity contribution in [2.75, 3.05) is 0 Å². The molecule has 3 heterocycles. The molecule has 5 rings (SSSR count). The van der Waals surface area contributed by atoms with E-state index >= 15 is 0 Å². The molecule has 0 saturated heterocycles. The zero-order valence-corrected chi connectivity index (χ0v) is 17.3. The minimum absolute atomic E-state index is 0.0830. The molecule has 1 fully saturated rings. The van der Waals surface area contributed by atoms with Gasteiger partial charge in [-0.2, -0.15) is 9.50 Å². The number of nitrogens with zero attached hydrogens (tertiary/aromatic N) is 5. The van der Waals surface area contributed by atoms with Crippen LogP contribution in [0.15, 0.2) is 41.3 Å². The lowest BCUT2D eigenvalue weighted by molar-refractivity contribution is 0.183. The fraction of sp³-hybridized carbons (Fsp3) is 0.391. The second kappa shape index (κ2) is 7.00. The Bertz CT molecular complexity index is 1310. The van der Waals surface area contributed by atoms with E-state index < -0.39 is 0 Å². The van der Waals surface area contributed by atoms with Gasteiger partial charge in [-0.25, -0.2) is 9.37 Å². The Morgan fingerprint density at radius 1 is 1.07 bits per heavy atom. The lowest BCUT2D eigenvalue weighted by Crippen LogP contribution is -2.33. The molecule has 0 bridgehead atoms. The molecule has 30 heavy (non-hydrogen) atoms. The predicted octanol–water partition coefficient (Wildman–Crippen LogP) is 4.55. The zero-order chi connectivity index (χ0) is 21.0. The maximum absolute atomic E-state index is 13.8. The van der Waals surface area contributed by atoms with Crippen LogP contribution in [0.5, 0.6) is 0 Å². The first kappa shape index (κ1) is 18.9. The largest absolute Gasteiger partial charge is 0.311 e. The van der Waals surface area contributed by atoms with Crippen LogP contribution in [0.25, 0.3) is 27.9 Å². The van der Waals surface area contributed by atoms with E-state index in [9.17, 15) is 9.18 Å². The molecule has 1 aromatic carbocycles. The highest BCUT2D eigenvalue weighted by atomic mass is 19.1. The number of aryl methyl sites for hydroxylation is 1. The van der Waals surface area contributed by atoms with Crippen LogP contribution in [0.3, 0.4) is 0 Å². The summed E-state index contributed by atoms with van der Waals surface area (Å²) in [6.07, 6.45) is 5.16. The van der Waals surface area contributed by atoms with Crippen molar-refractivity contribution >= 4 is 16.7 Å². The van der Waals surface area contributed by atoms with Gasteiger partial charge >= 0.3 is 0 Å². The number of pyridine rings is 1. The summed E-state index contributed by atoms with van der Waals surface area (Å²) in [5.41, 5.74) is 1.80. The minimum Gasteiger partial charge on any atom is -0.311 e. The van der Waals surface area contributed by atoms with Crippen LogP contribution in [-0.2, 0) is 0 Å². The van der Waals surface area contributed by atoms with Crippen molar-refractivity contribution in [2.45, 2.75) is 46.1 Å². The van der Waals surface area contributed by atoms with Crippen LogP contribution in [0, 0.1) is 24.6 Å². The van der Waals surface area contributed by atoms with Gasteiger partial charge in [0.25, 0.3) is 11.3 Å². The second-order valence-electron chi connectivity index (χ2n) is 8.46. The van der Waals surface area contributed by atoms with Gasteiger partial charge in [-0.1, -0.05) is 26.7 Å². The third kappa shape index (κ3) is 2.91. The van der Waals surface area contributed by atoms with Crippen LogP contribution in [0.1, 0.15) is 45.0 Å². The Morgan fingerprint density at radius 2 is 1.83 bits per heavy atom. The standard InChI is InChI=1S/C23H24FN5O/c1-13-5-4-6-19(14(13)2)28-12-11-18-20(22(28)30)21(16-7-9-17(24)10-8-16)29-23(26-18)25-15(3)27-29/h7-14,19H,4-6H2,1-3H3/t13-,14+,19-/m1/s1. The van der Waals surface area contributed by atoms with Gasteiger partial charge in [0.05, 0.1) is 16.6 Å². The first-order chi connectivity index (χ1) is 14.4. The Labute approximate surface area is 173 Å². The van der Waals surface area contributed by atoms with Crippen molar-refractivity contribution in [1.82, 2.24) is 24.1 Å². The topological polar surface area (TPSA) is 65.1 Å². The zero-order valence-electron chi connectivity index (χ0n) is 17.3.